The lowest BCUT2D eigenvalue weighted by Crippen LogP contribution is -2.33. The summed E-state index contributed by atoms with van der Waals surface area (Å²) in [6, 6.07) is 22.8. The fourth-order valence-corrected chi connectivity index (χ4v) is 4.33. The van der Waals surface area contributed by atoms with E-state index in [-0.39, 0.29) is 23.7 Å². The van der Waals surface area contributed by atoms with Crippen molar-refractivity contribution in [1.82, 2.24) is 0 Å². The van der Waals surface area contributed by atoms with Gasteiger partial charge in [-0.2, -0.15) is 0 Å². The summed E-state index contributed by atoms with van der Waals surface area (Å²) in [7, 11) is 0. The van der Waals surface area contributed by atoms with Crippen molar-refractivity contribution in [1.29, 1.82) is 0 Å². The highest BCUT2D eigenvalue weighted by molar-refractivity contribution is 6.24. The Balaban J connectivity index is 1.71. The first-order chi connectivity index (χ1) is 13.6. The molecule has 0 saturated carbocycles. The van der Waals surface area contributed by atoms with Gasteiger partial charge in [-0.1, -0.05) is 66.7 Å². The Morgan fingerprint density at radius 3 is 2.25 bits per heavy atom. The van der Waals surface area contributed by atoms with Gasteiger partial charge in [0.1, 0.15) is 11.5 Å². The number of Topliss-reactive ketones (excluding diaryl/α,β-unsaturated/α-hetero) is 2. The minimum Gasteiger partial charge on any atom is -0.507 e. The number of hydrogen-bond acceptors (Lipinski definition) is 3. The van der Waals surface area contributed by atoms with Gasteiger partial charge in [0.15, 0.2) is 5.78 Å². The number of ketones is 2. The van der Waals surface area contributed by atoms with Crippen LogP contribution in [0.3, 0.4) is 0 Å². The van der Waals surface area contributed by atoms with Gasteiger partial charge in [0.25, 0.3) is 0 Å². The second kappa shape index (κ2) is 6.31. The highest BCUT2D eigenvalue weighted by atomic mass is 16.3. The first kappa shape index (κ1) is 16.7. The molecule has 1 atom stereocenters. The van der Waals surface area contributed by atoms with E-state index in [0.717, 1.165) is 32.7 Å². The first-order valence-corrected chi connectivity index (χ1v) is 9.40. The van der Waals surface area contributed by atoms with E-state index in [2.05, 4.69) is 0 Å². The van der Waals surface area contributed by atoms with Gasteiger partial charge in [-0.25, -0.2) is 0 Å². The molecule has 0 heterocycles. The molecule has 4 aromatic carbocycles. The molecule has 5 rings (SSSR count). The van der Waals surface area contributed by atoms with E-state index in [0.29, 0.717) is 12.0 Å². The predicted molar refractivity (Wildman–Crippen MR) is 110 cm³/mol. The van der Waals surface area contributed by atoms with Crippen LogP contribution in [0.2, 0.25) is 0 Å². The van der Waals surface area contributed by atoms with Gasteiger partial charge >= 0.3 is 0 Å². The summed E-state index contributed by atoms with van der Waals surface area (Å²) in [6.07, 6.45) is 0.663. The summed E-state index contributed by atoms with van der Waals surface area (Å²) in [5.74, 6) is -0.698. The van der Waals surface area contributed by atoms with Crippen LogP contribution < -0.4 is 0 Å². The van der Waals surface area contributed by atoms with Crippen molar-refractivity contribution >= 4 is 33.1 Å². The Hall–Kier alpha value is -3.46. The maximum absolute atomic E-state index is 13.4. The first-order valence-electron chi connectivity index (χ1n) is 9.40. The maximum atomic E-state index is 13.4. The number of benzene rings is 4. The summed E-state index contributed by atoms with van der Waals surface area (Å²) in [4.78, 5) is 26.1. The summed E-state index contributed by atoms with van der Waals surface area (Å²) in [6.45, 7) is 0. The molecule has 1 N–H and O–H groups in total. The second-order valence-electron chi connectivity index (χ2n) is 7.39. The van der Waals surface area contributed by atoms with E-state index in [1.165, 1.54) is 0 Å². The molecule has 28 heavy (non-hydrogen) atoms. The van der Waals surface area contributed by atoms with Crippen LogP contribution in [-0.2, 0) is 17.6 Å². The lowest BCUT2D eigenvalue weighted by atomic mass is 9.76. The van der Waals surface area contributed by atoms with E-state index in [1.54, 1.807) is 6.07 Å². The maximum Gasteiger partial charge on any atom is 0.174 e. The van der Waals surface area contributed by atoms with E-state index in [4.69, 9.17) is 0 Å². The van der Waals surface area contributed by atoms with Gasteiger partial charge in [0.05, 0.1) is 5.92 Å². The number of rotatable bonds is 2. The molecule has 0 fully saturated rings. The molecule has 0 amide bonds. The fraction of sp³-hybridized carbons (Fsp3) is 0.120. The van der Waals surface area contributed by atoms with Gasteiger partial charge in [0.2, 0.25) is 0 Å². The SMILES string of the molecule is O=C1Cc2ccc3c(cc(O)c4ccccc43)c2C(=O)C1Cc1ccccc1. The van der Waals surface area contributed by atoms with Crippen LogP contribution in [-0.4, -0.2) is 16.7 Å². The molecule has 0 radical (unpaired) electrons. The number of fused-ring (bicyclic) bond motifs is 5. The molecule has 0 aliphatic heterocycles. The van der Waals surface area contributed by atoms with Crippen molar-refractivity contribution in [2.45, 2.75) is 12.8 Å². The third-order valence-electron chi connectivity index (χ3n) is 5.70. The molecular formula is C25H18O3. The lowest BCUT2D eigenvalue weighted by Gasteiger charge is -2.24. The third-order valence-corrected chi connectivity index (χ3v) is 5.70. The molecule has 0 spiro atoms. The van der Waals surface area contributed by atoms with Crippen molar-refractivity contribution in [3.8, 4) is 5.75 Å². The minimum atomic E-state index is -0.672. The monoisotopic (exact) mass is 366 g/mol. The number of aromatic hydroxyl groups is 1. The van der Waals surface area contributed by atoms with E-state index in [9.17, 15) is 14.7 Å². The van der Waals surface area contributed by atoms with Crippen molar-refractivity contribution < 1.29 is 14.7 Å². The van der Waals surface area contributed by atoms with Gasteiger partial charge in [0, 0.05) is 17.4 Å². The summed E-state index contributed by atoms with van der Waals surface area (Å²) >= 11 is 0. The lowest BCUT2D eigenvalue weighted by molar-refractivity contribution is -0.121. The molecular weight excluding hydrogens is 348 g/mol. The van der Waals surface area contributed by atoms with Crippen LogP contribution in [0, 0.1) is 5.92 Å². The van der Waals surface area contributed by atoms with Crippen molar-refractivity contribution in [2.75, 3.05) is 0 Å². The predicted octanol–water partition coefficient (Wildman–Crippen LogP) is 4.87. The molecule has 0 aromatic heterocycles. The summed E-state index contributed by atoms with van der Waals surface area (Å²) in [5.41, 5.74) is 2.31. The minimum absolute atomic E-state index is 0.0364. The summed E-state index contributed by atoms with van der Waals surface area (Å²) < 4.78 is 0. The third kappa shape index (κ3) is 2.51. The van der Waals surface area contributed by atoms with E-state index in [1.807, 2.05) is 66.7 Å². The molecule has 1 unspecified atom stereocenters. The number of phenolic OH excluding ortho intramolecular Hbond substituents is 1. The zero-order valence-electron chi connectivity index (χ0n) is 15.2. The topological polar surface area (TPSA) is 54.4 Å². The number of hydrogen-bond donors (Lipinski definition) is 1. The number of carbonyl (C=O) groups is 2. The zero-order valence-corrected chi connectivity index (χ0v) is 15.2. The smallest absolute Gasteiger partial charge is 0.174 e. The molecule has 3 heteroatoms. The van der Waals surface area contributed by atoms with Gasteiger partial charge in [-0.15, -0.1) is 0 Å². The van der Waals surface area contributed by atoms with E-state index < -0.39 is 5.92 Å². The molecule has 1 aliphatic carbocycles. The Labute approximate surface area is 162 Å². The molecule has 4 aromatic rings. The average molecular weight is 366 g/mol. The highest BCUT2D eigenvalue weighted by Crippen LogP contribution is 2.38. The van der Waals surface area contributed by atoms with Gasteiger partial charge in [-0.3, -0.25) is 9.59 Å². The van der Waals surface area contributed by atoms with Gasteiger partial charge in [-0.05, 0) is 39.8 Å². The van der Waals surface area contributed by atoms with Crippen LogP contribution in [0.5, 0.6) is 5.75 Å². The molecule has 136 valence electrons. The zero-order chi connectivity index (χ0) is 19.3. The average Bonchev–Trinajstić information content (AvgIpc) is 2.71. The number of carbonyl (C=O) groups excluding carboxylic acids is 2. The van der Waals surface area contributed by atoms with E-state index >= 15 is 0 Å². The molecule has 1 aliphatic rings. The Bertz CT molecular complexity index is 1260. The number of phenols is 1. The highest BCUT2D eigenvalue weighted by Gasteiger charge is 2.35. The van der Waals surface area contributed by atoms with Crippen LogP contribution in [0.4, 0.5) is 0 Å². The van der Waals surface area contributed by atoms with Crippen molar-refractivity contribution in [3.05, 3.63) is 89.5 Å². The summed E-state index contributed by atoms with van der Waals surface area (Å²) in [5, 5.41) is 13.8. The quantitative estimate of drug-likeness (QED) is 0.407. The van der Waals surface area contributed by atoms with Crippen LogP contribution >= 0.6 is 0 Å². The second-order valence-corrected chi connectivity index (χ2v) is 7.39. The molecule has 0 bridgehead atoms. The van der Waals surface area contributed by atoms with Crippen LogP contribution in [0.25, 0.3) is 21.5 Å². The van der Waals surface area contributed by atoms with Crippen molar-refractivity contribution in [3.63, 3.8) is 0 Å². The van der Waals surface area contributed by atoms with Gasteiger partial charge < -0.3 is 5.11 Å². The Morgan fingerprint density at radius 2 is 1.46 bits per heavy atom. The molecule has 0 saturated heterocycles. The van der Waals surface area contributed by atoms with Crippen molar-refractivity contribution in [2.24, 2.45) is 5.92 Å². The van der Waals surface area contributed by atoms with Crippen LogP contribution in [0.15, 0.2) is 72.8 Å². The normalized spacial score (nSPS) is 16.5. The Kier molecular flexibility index (Phi) is 3.76. The molecule has 3 nitrogen and oxygen atoms in total. The largest absolute Gasteiger partial charge is 0.507 e. The Morgan fingerprint density at radius 1 is 0.786 bits per heavy atom. The fourth-order valence-electron chi connectivity index (χ4n) is 4.33. The standard InChI is InChI=1S/C25H18O3/c26-22-13-16-10-11-18-17-8-4-5-9-19(17)23(27)14-20(18)24(16)25(28)21(22)12-15-6-2-1-3-7-15/h1-11,14,21,27H,12-13H2. The van der Waals surface area contributed by atoms with Crippen LogP contribution in [0.1, 0.15) is 21.5 Å².